The van der Waals surface area contributed by atoms with E-state index in [0.29, 0.717) is 11.8 Å². The fraction of sp³-hybridized carbons (Fsp3) is 0.133. The Hall–Kier alpha value is -2.52. The first-order chi connectivity index (χ1) is 15.8. The molecule has 2 atom stereocenters. The highest BCUT2D eigenvalue weighted by atomic mass is 31.1. The number of benzene rings is 4. The number of hydrogen-bond acceptors (Lipinski definition) is 0. The Bertz CT molecular complexity index is 969. The SMILES string of the molecule is C=C1[C@@H](CP(c2ccccc2)c2ccccc2)[C@@H]1CP(c1ccccc1)c1ccccc1. The highest BCUT2D eigenvalue weighted by Gasteiger charge is 2.44. The summed E-state index contributed by atoms with van der Waals surface area (Å²) in [5.74, 6) is 1.25. The lowest BCUT2D eigenvalue weighted by Crippen LogP contribution is -2.17. The van der Waals surface area contributed by atoms with Crippen molar-refractivity contribution in [3.63, 3.8) is 0 Å². The van der Waals surface area contributed by atoms with Crippen molar-refractivity contribution < 1.29 is 0 Å². The smallest absolute Gasteiger partial charge is 0.00882 e. The molecule has 4 aromatic carbocycles. The average Bonchev–Trinajstić information content (AvgIpc) is 3.49. The van der Waals surface area contributed by atoms with E-state index in [1.807, 2.05) is 0 Å². The van der Waals surface area contributed by atoms with E-state index in [1.54, 1.807) is 0 Å². The molecule has 1 aliphatic carbocycles. The van der Waals surface area contributed by atoms with Crippen LogP contribution in [0.5, 0.6) is 0 Å². The molecule has 5 rings (SSSR count). The van der Waals surface area contributed by atoms with Gasteiger partial charge in [0.25, 0.3) is 0 Å². The molecule has 0 spiro atoms. The summed E-state index contributed by atoms with van der Waals surface area (Å²) in [5.41, 5.74) is 1.46. The maximum atomic E-state index is 4.53. The maximum Gasteiger partial charge on any atom is -0.00882 e. The van der Waals surface area contributed by atoms with E-state index >= 15 is 0 Å². The molecule has 0 radical (unpaired) electrons. The van der Waals surface area contributed by atoms with Crippen LogP contribution < -0.4 is 21.2 Å². The maximum absolute atomic E-state index is 4.53. The van der Waals surface area contributed by atoms with Crippen molar-refractivity contribution >= 4 is 37.1 Å². The van der Waals surface area contributed by atoms with Crippen LogP contribution in [0.25, 0.3) is 0 Å². The van der Waals surface area contributed by atoms with Gasteiger partial charge in [0.15, 0.2) is 0 Å². The number of hydrogen-bond donors (Lipinski definition) is 0. The van der Waals surface area contributed by atoms with E-state index in [-0.39, 0.29) is 15.8 Å². The fourth-order valence-electron chi connectivity index (χ4n) is 4.48. The molecule has 0 aliphatic heterocycles. The molecule has 0 amide bonds. The molecule has 0 aromatic heterocycles. The molecule has 32 heavy (non-hydrogen) atoms. The Morgan fingerprint density at radius 1 is 0.438 bits per heavy atom. The minimum Gasteiger partial charge on any atom is -0.0992 e. The van der Waals surface area contributed by atoms with Gasteiger partial charge in [-0.1, -0.05) is 133 Å². The van der Waals surface area contributed by atoms with E-state index in [2.05, 4.69) is 128 Å². The quantitative estimate of drug-likeness (QED) is 0.226. The third-order valence-corrected chi connectivity index (χ3v) is 11.6. The lowest BCUT2D eigenvalue weighted by molar-refractivity contribution is 0.850. The zero-order valence-corrected chi connectivity index (χ0v) is 20.0. The van der Waals surface area contributed by atoms with Gasteiger partial charge in [-0.25, -0.2) is 0 Å². The van der Waals surface area contributed by atoms with Crippen molar-refractivity contribution in [2.75, 3.05) is 12.3 Å². The van der Waals surface area contributed by atoms with E-state index in [4.69, 9.17) is 0 Å². The molecule has 0 unspecified atom stereocenters. The van der Waals surface area contributed by atoms with Gasteiger partial charge in [-0.05, 0) is 61.2 Å². The second kappa shape index (κ2) is 9.95. The largest absolute Gasteiger partial charge is 0.0992 e. The summed E-state index contributed by atoms with van der Waals surface area (Å²) >= 11 is 0. The van der Waals surface area contributed by atoms with Crippen LogP contribution in [-0.4, -0.2) is 12.3 Å². The summed E-state index contributed by atoms with van der Waals surface area (Å²) in [5, 5.41) is 5.89. The molecule has 1 aliphatic rings. The van der Waals surface area contributed by atoms with Crippen molar-refractivity contribution in [2.24, 2.45) is 11.8 Å². The summed E-state index contributed by atoms with van der Waals surface area (Å²) in [6.07, 6.45) is 2.42. The van der Waals surface area contributed by atoms with E-state index in [1.165, 1.54) is 39.1 Å². The van der Waals surface area contributed by atoms with E-state index in [9.17, 15) is 0 Å². The van der Waals surface area contributed by atoms with Gasteiger partial charge in [0, 0.05) is 0 Å². The molecular weight excluding hydrogens is 422 g/mol. The molecule has 0 heterocycles. The standard InChI is InChI=1S/C30H28P2/c1-24-29(22-31(25-14-6-2-7-15-25)26-16-8-3-9-17-26)30(24)23-32(27-18-10-4-11-19-27)28-20-12-5-13-21-28/h2-21,29-30H,1,22-23H2/t29-,30-/m1/s1. The molecule has 1 fully saturated rings. The predicted molar refractivity (Wildman–Crippen MR) is 144 cm³/mol. The van der Waals surface area contributed by atoms with Crippen molar-refractivity contribution in [3.8, 4) is 0 Å². The van der Waals surface area contributed by atoms with Crippen LogP contribution in [0.4, 0.5) is 0 Å². The van der Waals surface area contributed by atoms with Gasteiger partial charge in [0.1, 0.15) is 0 Å². The molecule has 1 saturated carbocycles. The van der Waals surface area contributed by atoms with E-state index < -0.39 is 0 Å². The van der Waals surface area contributed by atoms with Crippen LogP contribution in [-0.2, 0) is 0 Å². The third-order valence-electron chi connectivity index (χ3n) is 6.36. The molecule has 2 heteroatoms. The van der Waals surface area contributed by atoms with Crippen molar-refractivity contribution in [3.05, 3.63) is 133 Å². The summed E-state index contributed by atoms with van der Waals surface area (Å²) in [7, 11) is -0.736. The van der Waals surface area contributed by atoms with Gasteiger partial charge >= 0.3 is 0 Å². The van der Waals surface area contributed by atoms with Gasteiger partial charge < -0.3 is 0 Å². The zero-order valence-electron chi connectivity index (χ0n) is 18.2. The Morgan fingerprint density at radius 2 is 0.688 bits per heavy atom. The lowest BCUT2D eigenvalue weighted by atomic mass is 10.4. The molecule has 4 aromatic rings. The second-order valence-corrected chi connectivity index (χ2v) is 12.9. The first kappa shape index (κ1) is 21.3. The highest BCUT2D eigenvalue weighted by Crippen LogP contribution is 2.56. The van der Waals surface area contributed by atoms with Crippen LogP contribution >= 0.6 is 15.8 Å². The number of allylic oxidation sites excluding steroid dienone is 1. The minimum atomic E-state index is -0.368. The lowest BCUT2D eigenvalue weighted by Gasteiger charge is -2.20. The molecule has 0 saturated heterocycles. The minimum absolute atomic E-state index is 0.368. The predicted octanol–water partition coefficient (Wildman–Crippen LogP) is 6.05. The molecule has 158 valence electrons. The summed E-state index contributed by atoms with van der Waals surface area (Å²) < 4.78 is 0. The molecule has 0 bridgehead atoms. The third kappa shape index (κ3) is 4.78. The summed E-state index contributed by atoms with van der Waals surface area (Å²) in [6, 6.07) is 44.3. The first-order valence-electron chi connectivity index (χ1n) is 11.3. The van der Waals surface area contributed by atoms with Crippen LogP contribution in [0.15, 0.2) is 133 Å². The summed E-state index contributed by atoms with van der Waals surface area (Å²) in [6.45, 7) is 4.53. The highest BCUT2D eigenvalue weighted by molar-refractivity contribution is 7.73. The average molecular weight is 451 g/mol. The molecule has 0 nitrogen and oxygen atoms in total. The van der Waals surface area contributed by atoms with Gasteiger partial charge in [0.2, 0.25) is 0 Å². The van der Waals surface area contributed by atoms with Gasteiger partial charge in [-0.15, -0.1) is 0 Å². The topological polar surface area (TPSA) is 0 Å². The van der Waals surface area contributed by atoms with Gasteiger partial charge in [-0.3, -0.25) is 0 Å². The normalized spacial score (nSPS) is 17.6. The van der Waals surface area contributed by atoms with Crippen LogP contribution in [0.2, 0.25) is 0 Å². The Kier molecular flexibility index (Phi) is 6.64. The van der Waals surface area contributed by atoms with Crippen LogP contribution in [0.1, 0.15) is 0 Å². The summed E-state index contributed by atoms with van der Waals surface area (Å²) in [4.78, 5) is 0. The van der Waals surface area contributed by atoms with Crippen molar-refractivity contribution in [1.29, 1.82) is 0 Å². The molecular formula is C30H28P2. The van der Waals surface area contributed by atoms with Crippen LogP contribution in [0.3, 0.4) is 0 Å². The Morgan fingerprint density at radius 3 is 0.938 bits per heavy atom. The van der Waals surface area contributed by atoms with Crippen molar-refractivity contribution in [1.82, 2.24) is 0 Å². The van der Waals surface area contributed by atoms with Crippen molar-refractivity contribution in [2.45, 2.75) is 0 Å². The number of rotatable bonds is 8. The van der Waals surface area contributed by atoms with Crippen LogP contribution in [0, 0.1) is 11.8 Å². The van der Waals surface area contributed by atoms with E-state index in [0.717, 1.165) is 0 Å². The zero-order chi connectivity index (χ0) is 21.8. The second-order valence-electron chi connectivity index (χ2n) is 8.35. The van der Waals surface area contributed by atoms with Gasteiger partial charge in [0.05, 0.1) is 0 Å². The monoisotopic (exact) mass is 450 g/mol. The Labute approximate surface area is 194 Å². The molecule has 0 N–H and O–H groups in total. The Balaban J connectivity index is 1.38. The van der Waals surface area contributed by atoms with Gasteiger partial charge in [-0.2, -0.15) is 0 Å². The fourth-order valence-corrected chi connectivity index (χ4v) is 9.81. The first-order valence-corrected chi connectivity index (χ1v) is 14.3.